The van der Waals surface area contributed by atoms with Gasteiger partial charge in [-0.25, -0.2) is 4.98 Å². The molecule has 0 bridgehead atoms. The number of aromatic amines is 1. The van der Waals surface area contributed by atoms with Crippen molar-refractivity contribution in [1.82, 2.24) is 9.97 Å². The van der Waals surface area contributed by atoms with E-state index in [9.17, 15) is 0 Å². The van der Waals surface area contributed by atoms with Gasteiger partial charge in [0.1, 0.15) is 5.82 Å². The van der Waals surface area contributed by atoms with Crippen LogP contribution in [0.2, 0.25) is 0 Å². The Bertz CT molecular complexity index is 187. The van der Waals surface area contributed by atoms with E-state index >= 15 is 0 Å². The number of rotatable bonds is 2. The van der Waals surface area contributed by atoms with Crippen molar-refractivity contribution in [1.29, 1.82) is 0 Å². The third-order valence-corrected chi connectivity index (χ3v) is 1.02. The van der Waals surface area contributed by atoms with Crippen molar-refractivity contribution in [2.45, 2.75) is 13.3 Å². The highest BCUT2D eigenvalue weighted by atomic mass is 14.9. The molecule has 0 saturated carbocycles. The van der Waals surface area contributed by atoms with Crippen LogP contribution in [0.5, 0.6) is 0 Å². The average molecular weight is 122 g/mol. The van der Waals surface area contributed by atoms with E-state index in [0.29, 0.717) is 0 Å². The van der Waals surface area contributed by atoms with Crippen molar-refractivity contribution in [3.63, 3.8) is 0 Å². The lowest BCUT2D eigenvalue weighted by molar-refractivity contribution is 1.01. The van der Waals surface area contributed by atoms with Crippen molar-refractivity contribution in [2.75, 3.05) is 0 Å². The average Bonchev–Trinajstić information content (AvgIpc) is 2.15. The minimum Gasteiger partial charge on any atom is -0.348 e. The number of nitrogens with one attached hydrogen (secondary N) is 1. The molecule has 0 unspecified atom stereocenters. The van der Waals surface area contributed by atoms with Gasteiger partial charge in [-0.05, 0) is 6.92 Å². The van der Waals surface area contributed by atoms with E-state index in [4.69, 9.17) is 0 Å². The molecule has 0 saturated heterocycles. The summed E-state index contributed by atoms with van der Waals surface area (Å²) in [6.45, 7) is 5.76. The molecule has 0 aromatic carbocycles. The second-order valence-electron chi connectivity index (χ2n) is 2.17. The molecule has 1 aromatic heterocycles. The van der Waals surface area contributed by atoms with E-state index in [1.54, 1.807) is 6.20 Å². The highest BCUT2D eigenvalue weighted by Gasteiger charge is 1.91. The Morgan fingerprint density at radius 1 is 1.89 bits per heavy atom. The maximum atomic E-state index is 4.04. The van der Waals surface area contributed by atoms with Crippen molar-refractivity contribution in [2.24, 2.45) is 0 Å². The monoisotopic (exact) mass is 122 g/mol. The van der Waals surface area contributed by atoms with E-state index in [2.05, 4.69) is 16.5 Å². The van der Waals surface area contributed by atoms with Gasteiger partial charge >= 0.3 is 0 Å². The fraction of sp³-hybridized carbons (Fsp3) is 0.286. The van der Waals surface area contributed by atoms with Crippen LogP contribution in [0.15, 0.2) is 24.5 Å². The molecule has 1 rings (SSSR count). The number of allylic oxidation sites excluding steroid dienone is 1. The fourth-order valence-electron chi connectivity index (χ4n) is 0.680. The zero-order valence-corrected chi connectivity index (χ0v) is 5.52. The summed E-state index contributed by atoms with van der Waals surface area (Å²) in [5.74, 6) is 0.988. The molecule has 0 amide bonds. The fourth-order valence-corrected chi connectivity index (χ4v) is 0.680. The number of hydrogen-bond donors (Lipinski definition) is 1. The molecule has 48 valence electrons. The van der Waals surface area contributed by atoms with Gasteiger partial charge in [-0.15, -0.1) is 0 Å². The molecule has 0 aliphatic rings. The van der Waals surface area contributed by atoms with Crippen LogP contribution in [0.4, 0.5) is 0 Å². The molecule has 0 spiro atoms. The quantitative estimate of drug-likeness (QED) is 0.592. The van der Waals surface area contributed by atoms with E-state index in [-0.39, 0.29) is 0 Å². The van der Waals surface area contributed by atoms with Gasteiger partial charge < -0.3 is 4.98 Å². The number of hydrogen-bond acceptors (Lipinski definition) is 1. The SMILES string of the molecule is C=C(C)Cc1ncc[nH]1. The van der Waals surface area contributed by atoms with Gasteiger partial charge in [0.25, 0.3) is 0 Å². The Morgan fingerprint density at radius 2 is 2.67 bits per heavy atom. The Labute approximate surface area is 54.6 Å². The molecule has 9 heavy (non-hydrogen) atoms. The summed E-state index contributed by atoms with van der Waals surface area (Å²) < 4.78 is 0. The summed E-state index contributed by atoms with van der Waals surface area (Å²) in [6, 6.07) is 0. The van der Waals surface area contributed by atoms with Crippen molar-refractivity contribution in [3.05, 3.63) is 30.4 Å². The number of imidazole rings is 1. The first-order valence-electron chi connectivity index (χ1n) is 2.91. The van der Waals surface area contributed by atoms with E-state index in [1.165, 1.54) is 0 Å². The van der Waals surface area contributed by atoms with Gasteiger partial charge in [-0.2, -0.15) is 0 Å². The van der Waals surface area contributed by atoms with Crippen LogP contribution in [0.3, 0.4) is 0 Å². The Balaban J connectivity index is 2.58. The van der Waals surface area contributed by atoms with Gasteiger partial charge in [-0.3, -0.25) is 0 Å². The van der Waals surface area contributed by atoms with Crippen molar-refractivity contribution >= 4 is 0 Å². The highest BCUT2D eigenvalue weighted by molar-refractivity contribution is 5.01. The minimum atomic E-state index is 0.854. The van der Waals surface area contributed by atoms with Crippen LogP contribution in [-0.4, -0.2) is 9.97 Å². The summed E-state index contributed by atoms with van der Waals surface area (Å²) in [5, 5.41) is 0. The highest BCUT2D eigenvalue weighted by Crippen LogP contribution is 1.97. The maximum absolute atomic E-state index is 4.04. The lowest BCUT2D eigenvalue weighted by Gasteiger charge is -1.91. The van der Waals surface area contributed by atoms with Crippen LogP contribution >= 0.6 is 0 Å². The largest absolute Gasteiger partial charge is 0.348 e. The van der Waals surface area contributed by atoms with Gasteiger partial charge in [-0.1, -0.05) is 12.2 Å². The normalized spacial score (nSPS) is 9.44. The van der Waals surface area contributed by atoms with E-state index in [0.717, 1.165) is 17.8 Å². The van der Waals surface area contributed by atoms with Crippen LogP contribution in [0, 0.1) is 0 Å². The first kappa shape index (κ1) is 6.08. The lowest BCUT2D eigenvalue weighted by Crippen LogP contribution is -1.86. The topological polar surface area (TPSA) is 28.7 Å². The van der Waals surface area contributed by atoms with Crippen molar-refractivity contribution < 1.29 is 0 Å². The summed E-state index contributed by atoms with van der Waals surface area (Å²) >= 11 is 0. The van der Waals surface area contributed by atoms with Gasteiger partial charge in [0.2, 0.25) is 0 Å². The molecule has 0 fully saturated rings. The molecule has 0 aliphatic heterocycles. The van der Waals surface area contributed by atoms with Crippen molar-refractivity contribution in [3.8, 4) is 0 Å². The smallest absolute Gasteiger partial charge is 0.110 e. The molecule has 2 nitrogen and oxygen atoms in total. The Hall–Kier alpha value is -1.05. The molecular formula is C7H10N2. The third-order valence-electron chi connectivity index (χ3n) is 1.02. The molecule has 1 heterocycles. The summed E-state index contributed by atoms with van der Waals surface area (Å²) in [4.78, 5) is 7.04. The molecule has 0 radical (unpaired) electrons. The predicted molar refractivity (Wildman–Crippen MR) is 37.1 cm³/mol. The van der Waals surface area contributed by atoms with Gasteiger partial charge in [0.05, 0.1) is 0 Å². The summed E-state index contributed by atoms with van der Waals surface area (Å²) in [6.07, 6.45) is 4.42. The molecule has 2 heteroatoms. The van der Waals surface area contributed by atoms with Gasteiger partial charge in [0.15, 0.2) is 0 Å². The first-order valence-corrected chi connectivity index (χ1v) is 2.91. The van der Waals surface area contributed by atoms with Crippen LogP contribution in [-0.2, 0) is 6.42 Å². The second kappa shape index (κ2) is 2.49. The lowest BCUT2D eigenvalue weighted by atomic mass is 10.2. The first-order chi connectivity index (χ1) is 4.29. The minimum absolute atomic E-state index is 0.854. The zero-order valence-electron chi connectivity index (χ0n) is 5.52. The predicted octanol–water partition coefficient (Wildman–Crippen LogP) is 1.53. The zero-order chi connectivity index (χ0) is 6.69. The molecule has 1 N–H and O–H groups in total. The Kier molecular flexibility index (Phi) is 1.68. The van der Waals surface area contributed by atoms with Gasteiger partial charge in [0, 0.05) is 18.8 Å². The van der Waals surface area contributed by atoms with E-state index < -0.39 is 0 Å². The standard InChI is InChI=1S/C7H10N2/c1-6(2)5-7-8-3-4-9-7/h3-4H,1,5H2,2H3,(H,8,9). The maximum Gasteiger partial charge on any atom is 0.110 e. The van der Waals surface area contributed by atoms with Crippen LogP contribution in [0.1, 0.15) is 12.7 Å². The second-order valence-corrected chi connectivity index (χ2v) is 2.17. The number of H-pyrrole nitrogens is 1. The third kappa shape index (κ3) is 1.72. The van der Waals surface area contributed by atoms with E-state index in [1.807, 2.05) is 13.1 Å². The molecule has 0 aliphatic carbocycles. The molecular weight excluding hydrogens is 112 g/mol. The molecule has 1 aromatic rings. The number of nitrogens with zero attached hydrogens (tertiary/aromatic N) is 1. The number of aromatic nitrogens is 2. The summed E-state index contributed by atoms with van der Waals surface area (Å²) in [5.41, 5.74) is 1.13. The molecule has 0 atom stereocenters. The van der Waals surface area contributed by atoms with Crippen LogP contribution < -0.4 is 0 Å². The van der Waals surface area contributed by atoms with Crippen LogP contribution in [0.25, 0.3) is 0 Å². The Morgan fingerprint density at radius 3 is 3.11 bits per heavy atom. The summed E-state index contributed by atoms with van der Waals surface area (Å²) in [7, 11) is 0.